The summed E-state index contributed by atoms with van der Waals surface area (Å²) in [4.78, 5) is 38.8. The first-order chi connectivity index (χ1) is 14.4. The number of fused-ring (bicyclic) bond motifs is 1. The van der Waals surface area contributed by atoms with E-state index < -0.39 is 23.8 Å². The molecule has 1 atom stereocenters. The van der Waals surface area contributed by atoms with Gasteiger partial charge < -0.3 is 21.1 Å². The zero-order valence-corrected chi connectivity index (χ0v) is 16.6. The molecule has 2 amide bonds. The van der Waals surface area contributed by atoms with Gasteiger partial charge in [0.15, 0.2) is 0 Å². The summed E-state index contributed by atoms with van der Waals surface area (Å²) in [6.45, 7) is 2.53. The Balaban J connectivity index is 1.55. The van der Waals surface area contributed by atoms with Crippen LogP contribution >= 0.6 is 0 Å². The topological polar surface area (TPSA) is 138 Å². The zero-order chi connectivity index (χ0) is 21.5. The third kappa shape index (κ3) is 5.43. The van der Waals surface area contributed by atoms with Crippen LogP contribution in [0.4, 0.5) is 0 Å². The van der Waals surface area contributed by atoms with Crippen LogP contribution in [0, 0.1) is 0 Å². The summed E-state index contributed by atoms with van der Waals surface area (Å²) in [6, 6.07) is 4.01. The van der Waals surface area contributed by atoms with Crippen LogP contribution in [0.15, 0.2) is 41.7 Å². The minimum Gasteiger partial charge on any atom is -0.480 e. The molecule has 0 saturated carbocycles. The number of benzene rings is 1. The molecule has 0 fully saturated rings. The van der Waals surface area contributed by atoms with Gasteiger partial charge in [0.2, 0.25) is 5.91 Å². The number of hydrogen-bond donors (Lipinski definition) is 4. The monoisotopic (exact) mass is 412 g/mol. The quantitative estimate of drug-likeness (QED) is 0.446. The second-order valence-electron chi connectivity index (χ2n) is 6.89. The van der Waals surface area contributed by atoms with Gasteiger partial charge in [-0.25, -0.2) is 9.79 Å². The molecule has 4 N–H and O–H groups in total. The summed E-state index contributed by atoms with van der Waals surface area (Å²) in [5, 5.41) is 22.4. The van der Waals surface area contributed by atoms with E-state index in [2.05, 4.69) is 26.0 Å². The number of carboxylic acid groups (broad SMARTS) is 1. The van der Waals surface area contributed by atoms with Gasteiger partial charge in [-0.2, -0.15) is 5.10 Å². The third-order valence-electron chi connectivity index (χ3n) is 4.57. The molecule has 0 spiro atoms. The fourth-order valence-corrected chi connectivity index (χ4v) is 3.09. The van der Waals surface area contributed by atoms with Crippen molar-refractivity contribution in [2.24, 2.45) is 4.99 Å². The molecule has 2 heterocycles. The molecule has 0 saturated heterocycles. The van der Waals surface area contributed by atoms with Crippen molar-refractivity contribution in [2.75, 3.05) is 13.1 Å². The largest absolute Gasteiger partial charge is 0.480 e. The molecule has 0 aliphatic carbocycles. The molecule has 2 aromatic rings. The first kappa shape index (κ1) is 21.0. The smallest absolute Gasteiger partial charge is 0.328 e. The van der Waals surface area contributed by atoms with Gasteiger partial charge in [0.1, 0.15) is 11.9 Å². The number of aryl methyl sites for hydroxylation is 1. The summed E-state index contributed by atoms with van der Waals surface area (Å²) < 4.78 is 1.88. The molecule has 0 unspecified atom stereocenters. The number of nitrogens with one attached hydrogen (secondary N) is 3. The van der Waals surface area contributed by atoms with Gasteiger partial charge in [-0.15, -0.1) is 0 Å². The number of carboxylic acids is 1. The van der Waals surface area contributed by atoms with Gasteiger partial charge in [0, 0.05) is 50.1 Å². The van der Waals surface area contributed by atoms with E-state index in [0.717, 1.165) is 42.7 Å². The lowest BCUT2D eigenvalue weighted by Gasteiger charge is -2.14. The Bertz CT molecular complexity index is 1010. The highest BCUT2D eigenvalue weighted by atomic mass is 16.4. The van der Waals surface area contributed by atoms with Gasteiger partial charge in [0.25, 0.3) is 5.91 Å². The summed E-state index contributed by atoms with van der Waals surface area (Å²) in [5.74, 6) is -1.14. The van der Waals surface area contributed by atoms with Crippen LogP contribution in [-0.2, 0) is 16.1 Å². The average Bonchev–Trinajstić information content (AvgIpc) is 3.37. The van der Waals surface area contributed by atoms with Crippen LogP contribution in [0.3, 0.4) is 0 Å². The Kier molecular flexibility index (Phi) is 6.79. The van der Waals surface area contributed by atoms with Crippen molar-refractivity contribution in [2.45, 2.75) is 32.4 Å². The van der Waals surface area contributed by atoms with Crippen LogP contribution in [0.1, 0.15) is 30.1 Å². The fourth-order valence-electron chi connectivity index (χ4n) is 3.09. The second-order valence-corrected chi connectivity index (χ2v) is 6.89. The number of hydrogen-bond acceptors (Lipinski definition) is 6. The molecular formula is C20H24N6O4. The number of aromatic nitrogens is 2. The van der Waals surface area contributed by atoms with Crippen LogP contribution in [0.25, 0.3) is 10.9 Å². The van der Waals surface area contributed by atoms with Gasteiger partial charge in [0.05, 0.1) is 11.7 Å². The lowest BCUT2D eigenvalue weighted by molar-refractivity contribution is -0.141. The van der Waals surface area contributed by atoms with E-state index in [-0.39, 0.29) is 6.54 Å². The predicted octanol–water partition coefficient (Wildman–Crippen LogP) is 0.651. The van der Waals surface area contributed by atoms with E-state index in [1.807, 2.05) is 16.8 Å². The number of carbonyl (C=O) groups is 3. The molecular weight excluding hydrogens is 388 g/mol. The number of amidine groups is 1. The normalized spacial score (nSPS) is 13.7. The minimum absolute atomic E-state index is 0.209. The molecule has 10 nitrogen and oxygen atoms in total. The highest BCUT2D eigenvalue weighted by Gasteiger charge is 2.19. The number of amides is 2. The van der Waals surface area contributed by atoms with Crippen LogP contribution < -0.4 is 16.0 Å². The highest BCUT2D eigenvalue weighted by molar-refractivity contribution is 5.98. The number of carbonyl (C=O) groups excluding carboxylic acids is 2. The van der Waals surface area contributed by atoms with Crippen molar-refractivity contribution in [3.05, 3.63) is 42.2 Å². The Morgan fingerprint density at radius 1 is 1.30 bits per heavy atom. The molecule has 1 aliphatic heterocycles. The molecule has 1 aliphatic rings. The number of rotatable bonds is 9. The van der Waals surface area contributed by atoms with E-state index in [4.69, 9.17) is 5.11 Å². The van der Waals surface area contributed by atoms with Crippen molar-refractivity contribution in [3.63, 3.8) is 0 Å². The third-order valence-corrected chi connectivity index (χ3v) is 4.57. The maximum Gasteiger partial charge on any atom is 0.328 e. The van der Waals surface area contributed by atoms with E-state index in [1.165, 1.54) is 6.92 Å². The highest BCUT2D eigenvalue weighted by Crippen LogP contribution is 2.16. The minimum atomic E-state index is -1.21. The second kappa shape index (κ2) is 9.68. The number of nitrogens with zero attached hydrogens (tertiary/aromatic N) is 3. The van der Waals surface area contributed by atoms with E-state index >= 15 is 0 Å². The maximum absolute atomic E-state index is 12.4. The summed E-state index contributed by atoms with van der Waals surface area (Å²) in [6.07, 6.45) is 7.20. The van der Waals surface area contributed by atoms with Gasteiger partial charge in [-0.05, 0) is 24.6 Å². The van der Waals surface area contributed by atoms with Gasteiger partial charge in [-0.3, -0.25) is 14.3 Å². The molecule has 1 aromatic heterocycles. The van der Waals surface area contributed by atoms with E-state index in [1.54, 1.807) is 24.5 Å². The first-order valence-electron chi connectivity index (χ1n) is 9.63. The number of aliphatic imine (C=N–C) groups is 1. The van der Waals surface area contributed by atoms with Crippen molar-refractivity contribution in [1.29, 1.82) is 0 Å². The van der Waals surface area contributed by atoms with Crippen LogP contribution in [-0.4, -0.2) is 57.6 Å². The molecule has 158 valence electrons. The molecule has 30 heavy (non-hydrogen) atoms. The van der Waals surface area contributed by atoms with Gasteiger partial charge in [-0.1, -0.05) is 6.08 Å². The Morgan fingerprint density at radius 2 is 2.13 bits per heavy atom. The lowest BCUT2D eigenvalue weighted by Crippen LogP contribution is -2.47. The zero-order valence-electron chi connectivity index (χ0n) is 16.6. The average molecular weight is 412 g/mol. The molecule has 10 heteroatoms. The van der Waals surface area contributed by atoms with Crippen molar-refractivity contribution in [1.82, 2.24) is 25.7 Å². The Labute approximate surface area is 173 Å². The lowest BCUT2D eigenvalue weighted by atomic mass is 10.1. The first-order valence-corrected chi connectivity index (χ1v) is 9.63. The summed E-state index contributed by atoms with van der Waals surface area (Å²) in [5.41, 5.74) is 1.30. The van der Waals surface area contributed by atoms with Crippen LogP contribution in [0.5, 0.6) is 0 Å². The Hall–Kier alpha value is -3.69. The summed E-state index contributed by atoms with van der Waals surface area (Å²) in [7, 11) is 0. The molecule has 1 aromatic carbocycles. The number of aliphatic carboxylic acids is 1. The fraction of sp³-hybridized carbons (Fsp3) is 0.350. The van der Waals surface area contributed by atoms with Crippen molar-refractivity contribution in [3.8, 4) is 0 Å². The molecule has 3 rings (SSSR count). The van der Waals surface area contributed by atoms with Crippen molar-refractivity contribution < 1.29 is 19.5 Å². The SMILES string of the molecule is CC(=O)N[C@@H](CNC(=O)c1ccc2c(cnn2CCCNC2=NC=CC2)c1)C(=O)O. The van der Waals surface area contributed by atoms with Crippen LogP contribution in [0.2, 0.25) is 0 Å². The molecule has 0 radical (unpaired) electrons. The molecule has 0 bridgehead atoms. The predicted molar refractivity (Wildman–Crippen MR) is 111 cm³/mol. The van der Waals surface area contributed by atoms with Gasteiger partial charge >= 0.3 is 5.97 Å². The van der Waals surface area contributed by atoms with E-state index in [9.17, 15) is 14.4 Å². The van der Waals surface area contributed by atoms with E-state index in [0.29, 0.717) is 5.56 Å². The standard InChI is InChI=1S/C20H24N6O4/c1-13(27)25-16(20(29)30)12-23-19(28)14-5-6-17-15(10-14)11-24-26(17)9-3-8-22-18-4-2-7-21-18/h2,5-7,10-11,16H,3-4,8-9,12H2,1H3,(H,21,22)(H,23,28)(H,25,27)(H,29,30)/t16-/m0/s1. The Morgan fingerprint density at radius 3 is 2.83 bits per heavy atom. The maximum atomic E-state index is 12.4. The van der Waals surface area contributed by atoms with Crippen molar-refractivity contribution >= 4 is 34.5 Å². The summed E-state index contributed by atoms with van der Waals surface area (Å²) >= 11 is 0.